The molecule has 17 heavy (non-hydrogen) atoms. The number of hydrogen-bond acceptors (Lipinski definition) is 3. The number of pyridine rings is 1. The van der Waals surface area contributed by atoms with E-state index in [0.717, 1.165) is 0 Å². The number of aromatic amines is 1. The Morgan fingerprint density at radius 3 is 2.88 bits per heavy atom. The molecule has 2 aromatic rings. The lowest BCUT2D eigenvalue weighted by atomic mass is 10.2. The van der Waals surface area contributed by atoms with Crippen molar-refractivity contribution in [3.8, 4) is 0 Å². The van der Waals surface area contributed by atoms with Crippen LogP contribution < -0.4 is 5.32 Å². The highest BCUT2D eigenvalue weighted by Crippen LogP contribution is 2.16. The zero-order valence-electron chi connectivity index (χ0n) is 8.58. The highest BCUT2D eigenvalue weighted by Gasteiger charge is 2.11. The van der Waals surface area contributed by atoms with Crippen molar-refractivity contribution in [2.24, 2.45) is 0 Å². The van der Waals surface area contributed by atoms with Crippen LogP contribution in [0, 0.1) is 0 Å². The number of halogens is 2. The van der Waals surface area contributed by atoms with Crippen molar-refractivity contribution in [2.75, 3.05) is 0 Å². The number of hydrogen-bond donors (Lipinski definition) is 2. The molecule has 5 nitrogen and oxygen atoms in total. The number of carbonyl (C=O) groups is 1. The van der Waals surface area contributed by atoms with Crippen molar-refractivity contribution >= 4 is 29.1 Å². The third-order valence-corrected chi connectivity index (χ3v) is 2.53. The number of amides is 1. The maximum absolute atomic E-state index is 11.8. The molecule has 0 fully saturated rings. The lowest BCUT2D eigenvalue weighted by molar-refractivity contribution is 0.0950. The van der Waals surface area contributed by atoms with Crippen LogP contribution in [0.25, 0.3) is 0 Å². The van der Waals surface area contributed by atoms with Crippen LogP contribution in [0.15, 0.2) is 24.5 Å². The second-order valence-corrected chi connectivity index (χ2v) is 3.94. The number of nitrogens with zero attached hydrogens (tertiary/aromatic N) is 2. The third-order valence-electron chi connectivity index (χ3n) is 2.03. The van der Waals surface area contributed by atoms with Crippen molar-refractivity contribution in [2.45, 2.75) is 6.54 Å². The number of carbonyl (C=O) groups excluding carboxylic acids is 1. The maximum Gasteiger partial charge on any atom is 0.254 e. The van der Waals surface area contributed by atoms with E-state index in [1.165, 1.54) is 12.1 Å². The van der Waals surface area contributed by atoms with Gasteiger partial charge in [0.15, 0.2) is 0 Å². The first-order valence-corrected chi connectivity index (χ1v) is 5.51. The lowest BCUT2D eigenvalue weighted by Gasteiger charge is -2.04. The maximum atomic E-state index is 11.8. The van der Waals surface area contributed by atoms with Gasteiger partial charge in [-0.25, -0.2) is 9.97 Å². The molecule has 0 bridgehead atoms. The molecule has 0 aliphatic rings. The first-order valence-electron chi connectivity index (χ1n) is 4.75. The minimum Gasteiger partial charge on any atom is -0.347 e. The monoisotopic (exact) mass is 270 g/mol. The van der Waals surface area contributed by atoms with Gasteiger partial charge in [0.25, 0.3) is 5.91 Å². The molecule has 1 amide bonds. The Balaban J connectivity index is 2.04. The van der Waals surface area contributed by atoms with E-state index in [1.54, 1.807) is 12.4 Å². The minimum absolute atomic E-state index is 0.0782. The minimum atomic E-state index is -0.324. The fourth-order valence-electron chi connectivity index (χ4n) is 1.24. The van der Waals surface area contributed by atoms with Crippen LogP contribution in [-0.2, 0) is 6.54 Å². The van der Waals surface area contributed by atoms with Crippen molar-refractivity contribution in [3.63, 3.8) is 0 Å². The largest absolute Gasteiger partial charge is 0.347 e. The Labute approximate surface area is 107 Å². The molecule has 2 N–H and O–H groups in total. The van der Waals surface area contributed by atoms with Crippen LogP contribution in [0.4, 0.5) is 0 Å². The molecule has 2 aromatic heterocycles. The van der Waals surface area contributed by atoms with Crippen LogP contribution >= 0.6 is 23.2 Å². The number of rotatable bonds is 3. The highest BCUT2D eigenvalue weighted by molar-refractivity contribution is 6.34. The zero-order valence-corrected chi connectivity index (χ0v) is 10.1. The second kappa shape index (κ2) is 5.16. The van der Waals surface area contributed by atoms with Gasteiger partial charge in [-0.1, -0.05) is 23.2 Å². The summed E-state index contributed by atoms with van der Waals surface area (Å²) < 4.78 is 0. The van der Waals surface area contributed by atoms with Gasteiger partial charge in [-0.2, -0.15) is 0 Å². The molecule has 2 heterocycles. The third kappa shape index (κ3) is 2.95. The predicted molar refractivity (Wildman–Crippen MR) is 64.0 cm³/mol. The average Bonchev–Trinajstić information content (AvgIpc) is 2.78. The highest BCUT2D eigenvalue weighted by atomic mass is 35.5. The zero-order chi connectivity index (χ0) is 12.3. The van der Waals surface area contributed by atoms with Crippen LogP contribution in [-0.4, -0.2) is 20.9 Å². The summed E-state index contributed by atoms with van der Waals surface area (Å²) in [6.07, 6.45) is 3.29. The summed E-state index contributed by atoms with van der Waals surface area (Å²) in [7, 11) is 0. The van der Waals surface area contributed by atoms with Gasteiger partial charge in [-0.3, -0.25) is 4.79 Å². The summed E-state index contributed by atoms with van der Waals surface area (Å²) in [4.78, 5) is 22.4. The van der Waals surface area contributed by atoms with E-state index >= 15 is 0 Å². The van der Waals surface area contributed by atoms with Crippen LogP contribution in [0.1, 0.15) is 16.2 Å². The van der Waals surface area contributed by atoms with Gasteiger partial charge in [0, 0.05) is 12.4 Å². The fraction of sp³-hybridized carbons (Fsp3) is 0.100. The van der Waals surface area contributed by atoms with Crippen molar-refractivity contribution in [1.82, 2.24) is 20.3 Å². The van der Waals surface area contributed by atoms with E-state index in [-0.39, 0.29) is 21.8 Å². The van der Waals surface area contributed by atoms with Crippen molar-refractivity contribution in [3.05, 3.63) is 46.2 Å². The van der Waals surface area contributed by atoms with Gasteiger partial charge < -0.3 is 10.3 Å². The lowest BCUT2D eigenvalue weighted by Crippen LogP contribution is -2.23. The van der Waals surface area contributed by atoms with Gasteiger partial charge in [0.1, 0.15) is 16.1 Å². The number of imidazole rings is 1. The smallest absolute Gasteiger partial charge is 0.254 e. The van der Waals surface area contributed by atoms with Crippen molar-refractivity contribution < 1.29 is 4.79 Å². The quantitative estimate of drug-likeness (QED) is 0.839. The van der Waals surface area contributed by atoms with E-state index < -0.39 is 0 Å². The molecule has 0 radical (unpaired) electrons. The van der Waals surface area contributed by atoms with Gasteiger partial charge in [-0.15, -0.1) is 0 Å². The van der Waals surface area contributed by atoms with E-state index in [0.29, 0.717) is 12.4 Å². The number of H-pyrrole nitrogens is 1. The second-order valence-electron chi connectivity index (χ2n) is 3.19. The van der Waals surface area contributed by atoms with E-state index in [4.69, 9.17) is 23.2 Å². The van der Waals surface area contributed by atoms with Gasteiger partial charge >= 0.3 is 0 Å². The molecule has 2 rings (SSSR count). The van der Waals surface area contributed by atoms with Gasteiger partial charge in [0.05, 0.1) is 12.1 Å². The normalized spacial score (nSPS) is 10.2. The Kier molecular flexibility index (Phi) is 3.61. The summed E-state index contributed by atoms with van der Waals surface area (Å²) in [5.41, 5.74) is 0.280. The van der Waals surface area contributed by atoms with Gasteiger partial charge in [-0.05, 0) is 12.1 Å². The average molecular weight is 271 g/mol. The molecule has 0 aliphatic heterocycles. The topological polar surface area (TPSA) is 70.7 Å². The van der Waals surface area contributed by atoms with Crippen molar-refractivity contribution in [1.29, 1.82) is 0 Å². The van der Waals surface area contributed by atoms with Crippen LogP contribution in [0.5, 0.6) is 0 Å². The van der Waals surface area contributed by atoms with Crippen LogP contribution in [0.2, 0.25) is 10.3 Å². The van der Waals surface area contributed by atoms with E-state index in [9.17, 15) is 4.79 Å². The van der Waals surface area contributed by atoms with Crippen LogP contribution in [0.3, 0.4) is 0 Å². The Bertz CT molecular complexity index is 527. The molecular weight excluding hydrogens is 263 g/mol. The summed E-state index contributed by atoms with van der Waals surface area (Å²) in [6.45, 7) is 0.296. The van der Waals surface area contributed by atoms with E-state index in [1.807, 2.05) is 0 Å². The molecule has 0 spiro atoms. The molecule has 0 aromatic carbocycles. The molecule has 0 unspecified atom stereocenters. The Morgan fingerprint density at radius 1 is 1.41 bits per heavy atom. The molecular formula is C10H8Cl2N4O. The molecule has 0 saturated carbocycles. The predicted octanol–water partition coefficient (Wildman–Crippen LogP) is 2.04. The molecule has 0 saturated heterocycles. The Hall–Kier alpha value is -1.59. The Morgan fingerprint density at radius 2 is 2.24 bits per heavy atom. The summed E-state index contributed by atoms with van der Waals surface area (Å²) in [5, 5.41) is 2.99. The SMILES string of the molecule is O=C(NCc1ncc[nH]1)c1ccc(Cl)nc1Cl. The molecule has 88 valence electrons. The standard InChI is InChI=1S/C10H8Cl2N4O/c11-7-2-1-6(9(12)16-7)10(17)15-5-8-13-3-4-14-8/h1-4H,5H2,(H,13,14)(H,15,17). The summed E-state index contributed by atoms with van der Waals surface area (Å²) >= 11 is 11.4. The first-order chi connectivity index (χ1) is 8.16. The fourth-order valence-corrected chi connectivity index (χ4v) is 1.67. The molecule has 0 atom stereocenters. The number of nitrogens with one attached hydrogen (secondary N) is 2. The van der Waals surface area contributed by atoms with Gasteiger partial charge in [0.2, 0.25) is 0 Å². The summed E-state index contributed by atoms with van der Waals surface area (Å²) in [6, 6.07) is 3.03. The first kappa shape index (κ1) is 11.9. The summed E-state index contributed by atoms with van der Waals surface area (Å²) in [5.74, 6) is 0.340. The number of aromatic nitrogens is 3. The molecule has 0 aliphatic carbocycles. The van der Waals surface area contributed by atoms with E-state index in [2.05, 4.69) is 20.3 Å². The molecule has 7 heteroatoms.